The molecule has 4 heteroatoms. The Morgan fingerprint density at radius 2 is 1.36 bits per heavy atom. The van der Waals surface area contributed by atoms with E-state index in [1.165, 1.54) is 21.3 Å². The molecule has 0 fully saturated rings. The van der Waals surface area contributed by atoms with E-state index in [1.54, 1.807) is 9.81 Å². The molecule has 14 heavy (non-hydrogen) atoms. The van der Waals surface area contributed by atoms with Crippen molar-refractivity contribution in [1.82, 2.24) is 0 Å². The average Bonchev–Trinajstić information content (AvgIpc) is 2.85. The fraction of sp³-hybridized carbons (Fsp3) is 0.400. The van der Waals surface area contributed by atoms with Gasteiger partial charge in [-0.15, -0.1) is 0 Å². The van der Waals surface area contributed by atoms with Crippen molar-refractivity contribution in [3.05, 3.63) is 29.1 Å². The number of hydrogen-bond acceptors (Lipinski definition) is 4. The molecular weight excluding hydrogens is 248 g/mol. The van der Waals surface area contributed by atoms with Crippen LogP contribution in [0.5, 0.6) is 0 Å². The van der Waals surface area contributed by atoms with Gasteiger partial charge in [-0.25, -0.2) is 0 Å². The first-order valence-corrected chi connectivity index (χ1v) is 8.04. The SMILES string of the molecule is CCC1=C(CC)SC(=C2SC=CS2)S1. The van der Waals surface area contributed by atoms with Gasteiger partial charge in [-0.05, 0) is 33.5 Å². The summed E-state index contributed by atoms with van der Waals surface area (Å²) < 4.78 is 2.97. The molecule has 0 saturated carbocycles. The fourth-order valence-electron chi connectivity index (χ4n) is 1.28. The second kappa shape index (κ2) is 5.10. The Balaban J connectivity index is 2.14. The van der Waals surface area contributed by atoms with Gasteiger partial charge < -0.3 is 0 Å². The molecule has 0 aromatic rings. The van der Waals surface area contributed by atoms with Gasteiger partial charge >= 0.3 is 0 Å². The Morgan fingerprint density at radius 1 is 0.857 bits per heavy atom. The summed E-state index contributed by atoms with van der Waals surface area (Å²) in [6.07, 6.45) is 2.36. The minimum atomic E-state index is 1.18. The fourth-order valence-corrected chi connectivity index (χ4v) is 6.24. The van der Waals surface area contributed by atoms with Crippen molar-refractivity contribution in [2.24, 2.45) is 0 Å². The smallest absolute Gasteiger partial charge is 0.0699 e. The van der Waals surface area contributed by atoms with Gasteiger partial charge in [-0.1, -0.05) is 60.9 Å². The second-order valence-corrected chi connectivity index (χ2v) is 7.40. The van der Waals surface area contributed by atoms with Crippen molar-refractivity contribution < 1.29 is 0 Å². The topological polar surface area (TPSA) is 0 Å². The minimum Gasteiger partial charge on any atom is -0.0884 e. The van der Waals surface area contributed by atoms with Gasteiger partial charge in [0.15, 0.2) is 0 Å². The third-order valence-corrected chi connectivity index (χ3v) is 7.58. The molecule has 0 N–H and O–H groups in total. The lowest BCUT2D eigenvalue weighted by Crippen LogP contribution is -1.72. The zero-order valence-electron chi connectivity index (χ0n) is 8.20. The predicted octanol–water partition coefficient (Wildman–Crippen LogP) is 5.58. The molecule has 0 atom stereocenters. The zero-order chi connectivity index (χ0) is 9.97. The standard InChI is InChI=1S/C10H12S4/c1-3-7-8(4-2)14-10(13-7)9-11-5-6-12-9/h5-6H,3-4H2,1-2H3. The molecule has 2 heterocycles. The maximum atomic E-state index is 2.25. The molecule has 0 bridgehead atoms. The lowest BCUT2D eigenvalue weighted by Gasteiger charge is -2.00. The summed E-state index contributed by atoms with van der Waals surface area (Å²) in [5.74, 6) is 0. The van der Waals surface area contributed by atoms with Crippen molar-refractivity contribution in [3.8, 4) is 0 Å². The Kier molecular flexibility index (Phi) is 4.05. The van der Waals surface area contributed by atoms with Crippen LogP contribution in [0.4, 0.5) is 0 Å². The van der Waals surface area contributed by atoms with Gasteiger partial charge in [0.2, 0.25) is 0 Å². The first kappa shape index (κ1) is 11.1. The normalized spacial score (nSPS) is 21.6. The highest BCUT2D eigenvalue weighted by Gasteiger charge is 2.22. The molecule has 0 aromatic carbocycles. The van der Waals surface area contributed by atoms with Gasteiger partial charge in [-0.2, -0.15) is 0 Å². The van der Waals surface area contributed by atoms with Crippen LogP contribution in [0, 0.1) is 0 Å². The van der Waals surface area contributed by atoms with E-state index < -0.39 is 0 Å². The van der Waals surface area contributed by atoms with E-state index in [-0.39, 0.29) is 0 Å². The van der Waals surface area contributed by atoms with Crippen molar-refractivity contribution in [1.29, 1.82) is 0 Å². The maximum Gasteiger partial charge on any atom is 0.0699 e. The lowest BCUT2D eigenvalue weighted by molar-refractivity contribution is 1.12. The van der Waals surface area contributed by atoms with Crippen LogP contribution in [0.3, 0.4) is 0 Å². The second-order valence-electron chi connectivity index (χ2n) is 2.84. The highest BCUT2D eigenvalue weighted by Crippen LogP contribution is 2.57. The highest BCUT2D eigenvalue weighted by molar-refractivity contribution is 8.33. The van der Waals surface area contributed by atoms with Gasteiger partial charge in [0.1, 0.15) is 0 Å². The average molecular weight is 260 g/mol. The number of thioether (sulfide) groups is 4. The van der Waals surface area contributed by atoms with E-state index in [2.05, 4.69) is 24.7 Å². The van der Waals surface area contributed by atoms with Crippen LogP contribution in [-0.2, 0) is 0 Å². The molecule has 0 saturated heterocycles. The highest BCUT2D eigenvalue weighted by atomic mass is 32.2. The molecule has 2 rings (SSSR count). The monoisotopic (exact) mass is 260 g/mol. The summed E-state index contributed by atoms with van der Waals surface area (Å²) in [6, 6.07) is 0. The van der Waals surface area contributed by atoms with Gasteiger partial charge in [-0.3, -0.25) is 0 Å². The Hall–Kier alpha value is 0.620. The third kappa shape index (κ3) is 2.23. The number of rotatable bonds is 2. The Morgan fingerprint density at radius 3 is 1.79 bits per heavy atom. The first-order valence-electron chi connectivity index (χ1n) is 4.65. The predicted molar refractivity (Wildman–Crippen MR) is 74.1 cm³/mol. The summed E-state index contributed by atoms with van der Waals surface area (Å²) in [5.41, 5.74) is 0. The summed E-state index contributed by atoms with van der Waals surface area (Å²) >= 11 is 7.68. The molecule has 0 nitrogen and oxygen atoms in total. The molecule has 2 aliphatic heterocycles. The molecule has 0 aliphatic carbocycles. The third-order valence-electron chi connectivity index (χ3n) is 1.96. The summed E-state index contributed by atoms with van der Waals surface area (Å²) in [7, 11) is 0. The van der Waals surface area contributed by atoms with Crippen LogP contribution in [0.2, 0.25) is 0 Å². The zero-order valence-corrected chi connectivity index (χ0v) is 11.5. The quantitative estimate of drug-likeness (QED) is 0.635. The summed E-state index contributed by atoms with van der Waals surface area (Å²) in [4.78, 5) is 3.15. The molecular formula is C10H12S4. The van der Waals surface area contributed by atoms with Gasteiger partial charge in [0, 0.05) is 0 Å². The Labute approximate surface area is 102 Å². The van der Waals surface area contributed by atoms with E-state index in [1.807, 2.05) is 47.0 Å². The maximum absolute atomic E-state index is 2.25. The van der Waals surface area contributed by atoms with Crippen LogP contribution in [0.25, 0.3) is 0 Å². The largest absolute Gasteiger partial charge is 0.0884 e. The van der Waals surface area contributed by atoms with Crippen molar-refractivity contribution in [3.63, 3.8) is 0 Å². The summed E-state index contributed by atoms with van der Waals surface area (Å²) in [6.45, 7) is 4.50. The molecule has 0 aromatic heterocycles. The molecule has 76 valence electrons. The van der Waals surface area contributed by atoms with Crippen molar-refractivity contribution in [2.45, 2.75) is 26.7 Å². The van der Waals surface area contributed by atoms with Crippen LogP contribution >= 0.6 is 47.0 Å². The first-order chi connectivity index (χ1) is 6.85. The number of allylic oxidation sites excluding steroid dienone is 2. The van der Waals surface area contributed by atoms with E-state index in [4.69, 9.17) is 0 Å². The van der Waals surface area contributed by atoms with E-state index in [9.17, 15) is 0 Å². The van der Waals surface area contributed by atoms with Crippen molar-refractivity contribution in [2.75, 3.05) is 0 Å². The molecule has 2 aliphatic rings. The lowest BCUT2D eigenvalue weighted by atomic mass is 10.3. The van der Waals surface area contributed by atoms with Crippen LogP contribution < -0.4 is 0 Å². The molecule has 0 unspecified atom stereocenters. The van der Waals surface area contributed by atoms with Gasteiger partial charge in [0.05, 0.1) is 8.47 Å². The van der Waals surface area contributed by atoms with Gasteiger partial charge in [0.25, 0.3) is 0 Å². The van der Waals surface area contributed by atoms with E-state index in [0.29, 0.717) is 0 Å². The Bertz CT molecular complexity index is 297. The van der Waals surface area contributed by atoms with Crippen LogP contribution in [0.15, 0.2) is 29.1 Å². The summed E-state index contributed by atoms with van der Waals surface area (Å²) in [5, 5.41) is 4.34. The molecule has 0 amide bonds. The number of hydrogen-bond donors (Lipinski definition) is 0. The molecule has 0 spiro atoms. The molecule has 0 radical (unpaired) electrons. The van der Waals surface area contributed by atoms with E-state index in [0.717, 1.165) is 0 Å². The van der Waals surface area contributed by atoms with E-state index >= 15 is 0 Å². The van der Waals surface area contributed by atoms with Crippen molar-refractivity contribution >= 4 is 47.0 Å². The van der Waals surface area contributed by atoms with Crippen LogP contribution in [0.1, 0.15) is 26.7 Å². The van der Waals surface area contributed by atoms with Crippen LogP contribution in [-0.4, -0.2) is 0 Å². The minimum absolute atomic E-state index is 1.18.